The fraction of sp³-hybridized carbons (Fsp3) is 1.00. The van der Waals surface area contributed by atoms with Crippen LogP contribution >= 0.6 is 0 Å². The van der Waals surface area contributed by atoms with E-state index in [1.54, 1.807) is 0 Å². The third kappa shape index (κ3) is 2.20. The number of likely N-dealkylation sites (tertiary alicyclic amines) is 1. The number of nitrogens with one attached hydrogen (secondary N) is 1. The molecule has 0 radical (unpaired) electrons. The highest BCUT2D eigenvalue weighted by Crippen LogP contribution is 2.16. The van der Waals surface area contributed by atoms with Crippen LogP contribution in [0.1, 0.15) is 33.1 Å². The van der Waals surface area contributed by atoms with Crippen molar-refractivity contribution in [3.63, 3.8) is 0 Å². The summed E-state index contributed by atoms with van der Waals surface area (Å²) in [4.78, 5) is 2.63. The molecule has 72 valence electrons. The van der Waals surface area contributed by atoms with E-state index in [9.17, 15) is 0 Å². The molecule has 1 saturated heterocycles. The molecule has 0 saturated carbocycles. The summed E-state index contributed by atoms with van der Waals surface area (Å²) < 4.78 is 0. The van der Waals surface area contributed by atoms with Gasteiger partial charge >= 0.3 is 0 Å². The van der Waals surface area contributed by atoms with Crippen LogP contribution in [0.5, 0.6) is 0 Å². The largest absolute Gasteiger partial charge is 0.316 e. The fourth-order valence-electron chi connectivity index (χ4n) is 2.19. The minimum absolute atomic E-state index is 0.632. The Morgan fingerprint density at radius 3 is 2.33 bits per heavy atom. The van der Waals surface area contributed by atoms with Gasteiger partial charge < -0.3 is 5.32 Å². The first-order valence-corrected chi connectivity index (χ1v) is 5.21. The number of nitrogens with zero attached hydrogens (tertiary/aromatic N) is 1. The molecule has 2 nitrogen and oxygen atoms in total. The van der Waals surface area contributed by atoms with Crippen LogP contribution in [0.3, 0.4) is 0 Å². The summed E-state index contributed by atoms with van der Waals surface area (Å²) in [5, 5.41) is 3.35. The summed E-state index contributed by atoms with van der Waals surface area (Å²) in [6.45, 7) is 7.19. The van der Waals surface area contributed by atoms with E-state index in [1.807, 2.05) is 0 Å². The van der Waals surface area contributed by atoms with Crippen molar-refractivity contribution in [2.45, 2.75) is 45.2 Å². The third-order valence-electron chi connectivity index (χ3n) is 3.06. The minimum atomic E-state index is 0.632. The zero-order chi connectivity index (χ0) is 8.97. The van der Waals surface area contributed by atoms with Gasteiger partial charge in [-0.2, -0.15) is 0 Å². The Kier molecular flexibility index (Phi) is 4.02. The summed E-state index contributed by atoms with van der Waals surface area (Å²) in [6.07, 6.45) is 4.06. The van der Waals surface area contributed by atoms with Gasteiger partial charge in [0.25, 0.3) is 0 Å². The highest BCUT2D eigenvalue weighted by atomic mass is 15.2. The topological polar surface area (TPSA) is 15.3 Å². The van der Waals surface area contributed by atoms with Crippen LogP contribution < -0.4 is 5.32 Å². The Morgan fingerprint density at radius 2 is 1.92 bits per heavy atom. The average molecular weight is 170 g/mol. The van der Waals surface area contributed by atoms with Crippen molar-refractivity contribution in [1.82, 2.24) is 10.2 Å². The van der Waals surface area contributed by atoms with Crippen LogP contribution in [0.4, 0.5) is 0 Å². The van der Waals surface area contributed by atoms with Crippen molar-refractivity contribution >= 4 is 0 Å². The molecule has 0 spiro atoms. The highest BCUT2D eigenvalue weighted by molar-refractivity contribution is 4.82. The Morgan fingerprint density at radius 1 is 1.33 bits per heavy atom. The molecular weight excluding hydrogens is 148 g/mol. The number of hydrogen-bond acceptors (Lipinski definition) is 2. The van der Waals surface area contributed by atoms with Crippen LogP contribution in [-0.4, -0.2) is 37.1 Å². The standard InChI is InChI=1S/C10H22N2/c1-4-10(9(2)11-3)12-7-5-6-8-12/h9-11H,4-8H2,1-3H3. The molecule has 1 fully saturated rings. The Hall–Kier alpha value is -0.0800. The molecule has 0 aromatic rings. The summed E-state index contributed by atoms with van der Waals surface area (Å²) >= 11 is 0. The maximum atomic E-state index is 3.35. The van der Waals surface area contributed by atoms with Crippen molar-refractivity contribution < 1.29 is 0 Å². The molecule has 0 bridgehead atoms. The molecule has 2 atom stereocenters. The smallest absolute Gasteiger partial charge is 0.0243 e. The zero-order valence-electron chi connectivity index (χ0n) is 8.64. The lowest BCUT2D eigenvalue weighted by molar-refractivity contribution is 0.197. The SMILES string of the molecule is CCC(C(C)NC)N1CCCC1. The van der Waals surface area contributed by atoms with Gasteiger partial charge in [0.05, 0.1) is 0 Å². The van der Waals surface area contributed by atoms with Gasteiger partial charge in [0.1, 0.15) is 0 Å². The maximum Gasteiger partial charge on any atom is 0.0243 e. The van der Waals surface area contributed by atoms with Crippen LogP contribution in [-0.2, 0) is 0 Å². The molecule has 0 aromatic carbocycles. The zero-order valence-corrected chi connectivity index (χ0v) is 8.64. The van der Waals surface area contributed by atoms with Crippen LogP contribution in [0.2, 0.25) is 0 Å². The fourth-order valence-corrected chi connectivity index (χ4v) is 2.19. The van der Waals surface area contributed by atoms with E-state index < -0.39 is 0 Å². The molecular formula is C10H22N2. The van der Waals surface area contributed by atoms with Gasteiger partial charge in [-0.3, -0.25) is 4.90 Å². The first kappa shape index (κ1) is 10.0. The first-order valence-electron chi connectivity index (χ1n) is 5.21. The Balaban J connectivity index is 2.42. The quantitative estimate of drug-likeness (QED) is 0.687. The number of hydrogen-bond donors (Lipinski definition) is 1. The number of rotatable bonds is 4. The molecule has 0 aliphatic carbocycles. The Bertz CT molecular complexity index is 119. The maximum absolute atomic E-state index is 3.35. The monoisotopic (exact) mass is 170 g/mol. The van der Waals surface area contributed by atoms with Crippen LogP contribution in [0, 0.1) is 0 Å². The van der Waals surface area contributed by atoms with E-state index in [0.717, 1.165) is 6.04 Å². The average Bonchev–Trinajstić information content (AvgIpc) is 2.58. The van der Waals surface area contributed by atoms with E-state index in [2.05, 4.69) is 31.1 Å². The summed E-state index contributed by atoms with van der Waals surface area (Å²) in [7, 11) is 2.06. The molecule has 0 amide bonds. The number of likely N-dealkylation sites (N-methyl/N-ethyl adjacent to an activating group) is 1. The molecule has 2 unspecified atom stereocenters. The van der Waals surface area contributed by atoms with E-state index in [0.29, 0.717) is 6.04 Å². The van der Waals surface area contributed by atoms with Gasteiger partial charge in [-0.05, 0) is 46.3 Å². The van der Waals surface area contributed by atoms with Crippen molar-refractivity contribution in [1.29, 1.82) is 0 Å². The second-order valence-corrected chi connectivity index (χ2v) is 3.80. The van der Waals surface area contributed by atoms with Gasteiger partial charge in [-0.15, -0.1) is 0 Å². The summed E-state index contributed by atoms with van der Waals surface area (Å²) in [5.74, 6) is 0. The summed E-state index contributed by atoms with van der Waals surface area (Å²) in [5.41, 5.74) is 0. The van der Waals surface area contributed by atoms with Crippen LogP contribution in [0.15, 0.2) is 0 Å². The second kappa shape index (κ2) is 4.83. The lowest BCUT2D eigenvalue weighted by Gasteiger charge is -2.31. The molecule has 1 rings (SSSR count). The van der Waals surface area contributed by atoms with Crippen molar-refractivity contribution in [3.8, 4) is 0 Å². The second-order valence-electron chi connectivity index (χ2n) is 3.80. The van der Waals surface area contributed by atoms with Gasteiger partial charge in [0.15, 0.2) is 0 Å². The molecule has 1 aliphatic rings. The molecule has 1 heterocycles. The molecule has 12 heavy (non-hydrogen) atoms. The van der Waals surface area contributed by atoms with E-state index in [1.165, 1.54) is 32.4 Å². The molecule has 2 heteroatoms. The normalized spacial score (nSPS) is 24.2. The van der Waals surface area contributed by atoms with Gasteiger partial charge in [0, 0.05) is 12.1 Å². The predicted octanol–water partition coefficient (Wildman–Crippen LogP) is 1.47. The van der Waals surface area contributed by atoms with Gasteiger partial charge in [-0.1, -0.05) is 6.92 Å². The van der Waals surface area contributed by atoms with Gasteiger partial charge in [0.2, 0.25) is 0 Å². The molecule has 1 N–H and O–H groups in total. The highest BCUT2D eigenvalue weighted by Gasteiger charge is 2.23. The van der Waals surface area contributed by atoms with E-state index in [-0.39, 0.29) is 0 Å². The third-order valence-corrected chi connectivity index (χ3v) is 3.06. The lowest BCUT2D eigenvalue weighted by atomic mass is 10.1. The summed E-state index contributed by atoms with van der Waals surface area (Å²) in [6, 6.07) is 1.38. The van der Waals surface area contributed by atoms with Crippen molar-refractivity contribution in [2.24, 2.45) is 0 Å². The Labute approximate surface area is 76.3 Å². The molecule has 0 aromatic heterocycles. The lowest BCUT2D eigenvalue weighted by Crippen LogP contribution is -2.45. The first-order chi connectivity index (χ1) is 5.79. The van der Waals surface area contributed by atoms with E-state index in [4.69, 9.17) is 0 Å². The van der Waals surface area contributed by atoms with Crippen molar-refractivity contribution in [2.75, 3.05) is 20.1 Å². The molecule has 1 aliphatic heterocycles. The van der Waals surface area contributed by atoms with Crippen LogP contribution in [0.25, 0.3) is 0 Å². The van der Waals surface area contributed by atoms with Gasteiger partial charge in [-0.25, -0.2) is 0 Å². The van der Waals surface area contributed by atoms with Crippen molar-refractivity contribution in [3.05, 3.63) is 0 Å². The minimum Gasteiger partial charge on any atom is -0.316 e. The predicted molar refractivity (Wildman–Crippen MR) is 53.4 cm³/mol. The van der Waals surface area contributed by atoms with E-state index >= 15 is 0 Å².